The molecule has 0 spiro atoms. The summed E-state index contributed by atoms with van der Waals surface area (Å²) in [6.45, 7) is 6.13. The number of rotatable bonds is 4. The van der Waals surface area contributed by atoms with Crippen LogP contribution in [-0.2, 0) is 0 Å². The second-order valence-electron chi connectivity index (χ2n) is 3.21. The molecule has 15 heavy (non-hydrogen) atoms. The van der Waals surface area contributed by atoms with E-state index in [0.29, 0.717) is 17.1 Å². The van der Waals surface area contributed by atoms with Crippen LogP contribution in [0.1, 0.15) is 18.5 Å². The normalized spacial score (nSPS) is 12.5. The zero-order chi connectivity index (χ0) is 11.4. The molecule has 4 heteroatoms. The molecule has 0 aliphatic heterocycles. The van der Waals surface area contributed by atoms with Crippen LogP contribution < -0.4 is 5.32 Å². The van der Waals surface area contributed by atoms with E-state index >= 15 is 0 Å². The van der Waals surface area contributed by atoms with Gasteiger partial charge in [-0.05, 0) is 24.6 Å². The van der Waals surface area contributed by atoms with E-state index in [2.05, 4.69) is 11.9 Å². The third kappa shape index (κ3) is 3.20. The summed E-state index contributed by atoms with van der Waals surface area (Å²) < 4.78 is 13.2. The second kappa shape index (κ2) is 5.50. The van der Waals surface area contributed by atoms with Crippen LogP contribution in [0.15, 0.2) is 24.8 Å². The lowest BCUT2D eigenvalue weighted by Crippen LogP contribution is -2.18. The molecular weight excluding hydrogens is 236 g/mol. The van der Waals surface area contributed by atoms with Gasteiger partial charge in [0.1, 0.15) is 5.82 Å². The highest BCUT2D eigenvalue weighted by Crippen LogP contribution is 2.28. The van der Waals surface area contributed by atoms with Gasteiger partial charge in [0.2, 0.25) is 0 Å². The summed E-state index contributed by atoms with van der Waals surface area (Å²) in [7, 11) is 0. The van der Waals surface area contributed by atoms with Gasteiger partial charge in [-0.2, -0.15) is 0 Å². The minimum atomic E-state index is -0.455. The molecule has 1 aromatic rings. The maximum atomic E-state index is 13.2. The first kappa shape index (κ1) is 12.5. The molecule has 1 nitrogen and oxygen atoms in total. The number of nitrogens with one attached hydrogen (secondary N) is 1. The summed E-state index contributed by atoms with van der Waals surface area (Å²) in [6, 6.07) is 2.73. The van der Waals surface area contributed by atoms with E-state index in [1.165, 1.54) is 12.1 Å². The van der Waals surface area contributed by atoms with E-state index in [4.69, 9.17) is 23.2 Å². The summed E-state index contributed by atoms with van der Waals surface area (Å²) >= 11 is 11.6. The number of hydrogen-bond acceptors (Lipinski definition) is 1. The van der Waals surface area contributed by atoms with Gasteiger partial charge in [-0.15, -0.1) is 6.58 Å². The summed E-state index contributed by atoms with van der Waals surface area (Å²) in [5, 5.41) is 3.63. The Labute approximate surface area is 98.9 Å². The van der Waals surface area contributed by atoms with E-state index in [1.807, 2.05) is 6.92 Å². The van der Waals surface area contributed by atoms with Gasteiger partial charge in [0.05, 0.1) is 5.02 Å². The lowest BCUT2D eigenvalue weighted by atomic mass is 10.1. The molecule has 0 heterocycles. The third-order valence-electron chi connectivity index (χ3n) is 2.07. The van der Waals surface area contributed by atoms with Crippen LogP contribution in [0.2, 0.25) is 10.0 Å². The van der Waals surface area contributed by atoms with Crippen molar-refractivity contribution < 1.29 is 4.39 Å². The zero-order valence-electron chi connectivity index (χ0n) is 8.36. The molecule has 0 radical (unpaired) electrons. The van der Waals surface area contributed by atoms with Gasteiger partial charge in [0.25, 0.3) is 0 Å². The van der Waals surface area contributed by atoms with Crippen molar-refractivity contribution in [3.05, 3.63) is 46.2 Å². The molecule has 1 rings (SSSR count). The molecule has 0 saturated carbocycles. The Balaban J connectivity index is 2.93. The third-order valence-corrected chi connectivity index (χ3v) is 2.69. The Morgan fingerprint density at radius 1 is 1.47 bits per heavy atom. The molecule has 0 aromatic heterocycles. The van der Waals surface area contributed by atoms with Crippen LogP contribution in [0.5, 0.6) is 0 Å². The summed E-state index contributed by atoms with van der Waals surface area (Å²) in [6.07, 6.45) is 1.73. The first-order valence-corrected chi connectivity index (χ1v) is 5.30. The van der Waals surface area contributed by atoms with Crippen molar-refractivity contribution in [1.82, 2.24) is 5.32 Å². The Morgan fingerprint density at radius 3 is 2.73 bits per heavy atom. The topological polar surface area (TPSA) is 12.0 Å². The van der Waals surface area contributed by atoms with Crippen molar-refractivity contribution in [2.45, 2.75) is 13.0 Å². The van der Waals surface area contributed by atoms with Crippen LogP contribution in [0.4, 0.5) is 4.39 Å². The predicted molar refractivity (Wildman–Crippen MR) is 63.0 cm³/mol. The maximum Gasteiger partial charge on any atom is 0.142 e. The first-order chi connectivity index (χ1) is 7.06. The van der Waals surface area contributed by atoms with Crippen molar-refractivity contribution in [1.29, 1.82) is 0 Å². The van der Waals surface area contributed by atoms with Crippen LogP contribution in [0.25, 0.3) is 0 Å². The molecule has 1 atom stereocenters. The fraction of sp³-hybridized carbons (Fsp3) is 0.273. The molecule has 0 amide bonds. The Bertz CT molecular complexity index is 366. The summed E-state index contributed by atoms with van der Waals surface area (Å²) in [4.78, 5) is 0. The fourth-order valence-corrected chi connectivity index (χ4v) is 1.79. The fourth-order valence-electron chi connectivity index (χ4n) is 1.24. The zero-order valence-corrected chi connectivity index (χ0v) is 9.87. The van der Waals surface area contributed by atoms with E-state index < -0.39 is 5.82 Å². The second-order valence-corrected chi connectivity index (χ2v) is 4.02. The molecule has 1 aromatic carbocycles. The molecule has 0 saturated heterocycles. The average Bonchev–Trinajstić information content (AvgIpc) is 2.20. The van der Waals surface area contributed by atoms with Crippen molar-refractivity contribution in [2.24, 2.45) is 0 Å². The van der Waals surface area contributed by atoms with Crippen molar-refractivity contribution >= 4 is 23.2 Å². The number of halogens is 3. The lowest BCUT2D eigenvalue weighted by Gasteiger charge is -2.15. The predicted octanol–water partition coefficient (Wildman–Crippen LogP) is 3.97. The minimum Gasteiger partial charge on any atom is -0.307 e. The smallest absolute Gasteiger partial charge is 0.142 e. The molecule has 0 aliphatic carbocycles. The highest BCUT2D eigenvalue weighted by Gasteiger charge is 2.12. The van der Waals surface area contributed by atoms with Crippen LogP contribution in [-0.4, -0.2) is 6.54 Å². The molecule has 82 valence electrons. The van der Waals surface area contributed by atoms with Gasteiger partial charge >= 0.3 is 0 Å². The quantitative estimate of drug-likeness (QED) is 0.628. The van der Waals surface area contributed by atoms with Gasteiger partial charge in [0, 0.05) is 17.6 Å². The summed E-state index contributed by atoms with van der Waals surface area (Å²) in [5.74, 6) is -0.455. The van der Waals surface area contributed by atoms with Crippen LogP contribution >= 0.6 is 23.2 Å². The SMILES string of the molecule is C=CCNC(C)c1cc(F)c(Cl)cc1Cl. The van der Waals surface area contributed by atoms with E-state index in [9.17, 15) is 4.39 Å². The Morgan fingerprint density at radius 2 is 2.13 bits per heavy atom. The maximum absolute atomic E-state index is 13.2. The highest BCUT2D eigenvalue weighted by atomic mass is 35.5. The van der Waals surface area contributed by atoms with E-state index in [0.717, 1.165) is 0 Å². The van der Waals surface area contributed by atoms with E-state index in [-0.39, 0.29) is 11.1 Å². The van der Waals surface area contributed by atoms with E-state index in [1.54, 1.807) is 6.08 Å². The molecule has 0 fully saturated rings. The van der Waals surface area contributed by atoms with Gasteiger partial charge in [-0.1, -0.05) is 29.3 Å². The average molecular weight is 248 g/mol. The largest absolute Gasteiger partial charge is 0.307 e. The van der Waals surface area contributed by atoms with Crippen LogP contribution in [0, 0.1) is 5.82 Å². The lowest BCUT2D eigenvalue weighted by molar-refractivity contribution is 0.595. The minimum absolute atomic E-state index is 0.0396. The Kier molecular flexibility index (Phi) is 4.58. The molecule has 0 aliphatic rings. The number of benzene rings is 1. The van der Waals surface area contributed by atoms with Crippen molar-refractivity contribution in [3.8, 4) is 0 Å². The monoisotopic (exact) mass is 247 g/mol. The molecule has 1 unspecified atom stereocenters. The van der Waals surface area contributed by atoms with Gasteiger partial charge in [-0.3, -0.25) is 0 Å². The number of hydrogen-bond donors (Lipinski definition) is 1. The molecular formula is C11H12Cl2FN. The Hall–Kier alpha value is -0.570. The van der Waals surface area contributed by atoms with Crippen molar-refractivity contribution in [2.75, 3.05) is 6.54 Å². The van der Waals surface area contributed by atoms with Gasteiger partial charge in [0.15, 0.2) is 0 Å². The van der Waals surface area contributed by atoms with Crippen molar-refractivity contribution in [3.63, 3.8) is 0 Å². The van der Waals surface area contributed by atoms with Gasteiger partial charge in [-0.25, -0.2) is 4.39 Å². The highest BCUT2D eigenvalue weighted by molar-refractivity contribution is 6.35. The molecule has 1 N–H and O–H groups in total. The van der Waals surface area contributed by atoms with Crippen LogP contribution in [0.3, 0.4) is 0 Å². The first-order valence-electron chi connectivity index (χ1n) is 4.55. The summed E-state index contributed by atoms with van der Waals surface area (Å²) in [5.41, 5.74) is 0.695. The molecule has 0 bridgehead atoms. The van der Waals surface area contributed by atoms with Gasteiger partial charge < -0.3 is 5.32 Å². The standard InChI is InChI=1S/C11H12Cl2FN/c1-3-4-15-7(2)8-5-11(14)10(13)6-9(8)12/h3,5-7,15H,1,4H2,2H3.